The van der Waals surface area contributed by atoms with E-state index in [0.29, 0.717) is 6.04 Å². The van der Waals surface area contributed by atoms with Gasteiger partial charge in [0.1, 0.15) is 5.75 Å². The van der Waals surface area contributed by atoms with Crippen molar-refractivity contribution in [3.8, 4) is 5.75 Å². The molecule has 1 rings (SSSR count). The van der Waals surface area contributed by atoms with Gasteiger partial charge in [-0.2, -0.15) is 0 Å². The largest absolute Gasteiger partial charge is 0.497 e. The Morgan fingerprint density at radius 2 is 1.69 bits per heavy atom. The lowest BCUT2D eigenvalue weighted by Crippen LogP contribution is -2.36. The van der Waals surface area contributed by atoms with Crippen molar-refractivity contribution in [2.24, 2.45) is 0 Å². The molecule has 0 aliphatic heterocycles. The zero-order valence-electron chi connectivity index (χ0n) is 10.4. The van der Waals surface area contributed by atoms with Gasteiger partial charge >= 0.3 is 0 Å². The van der Waals surface area contributed by atoms with E-state index < -0.39 is 6.10 Å². The second kappa shape index (κ2) is 5.87. The van der Waals surface area contributed by atoms with Gasteiger partial charge in [-0.15, -0.1) is 0 Å². The minimum absolute atomic E-state index is 0.0356. The SMILES string of the molecule is COc1ccc(C(O)C(C)NC(C)C)cc1. The highest BCUT2D eigenvalue weighted by atomic mass is 16.5. The first-order valence-electron chi connectivity index (χ1n) is 5.62. The molecule has 0 fully saturated rings. The van der Waals surface area contributed by atoms with Gasteiger partial charge in [0.2, 0.25) is 0 Å². The number of aliphatic hydroxyl groups is 1. The second-order valence-corrected chi connectivity index (χ2v) is 4.33. The number of ether oxygens (including phenoxy) is 1. The summed E-state index contributed by atoms with van der Waals surface area (Å²) in [5.74, 6) is 0.806. The molecule has 0 spiro atoms. The van der Waals surface area contributed by atoms with Gasteiger partial charge in [-0.1, -0.05) is 26.0 Å². The molecule has 3 heteroatoms. The molecule has 2 N–H and O–H groups in total. The molecule has 1 aromatic carbocycles. The third-order valence-corrected chi connectivity index (χ3v) is 2.53. The molecule has 0 heterocycles. The molecule has 90 valence electrons. The second-order valence-electron chi connectivity index (χ2n) is 4.33. The number of benzene rings is 1. The summed E-state index contributed by atoms with van der Waals surface area (Å²) in [5.41, 5.74) is 0.904. The monoisotopic (exact) mass is 223 g/mol. The summed E-state index contributed by atoms with van der Waals surface area (Å²) in [5, 5.41) is 13.4. The van der Waals surface area contributed by atoms with Crippen LogP contribution in [0.4, 0.5) is 0 Å². The van der Waals surface area contributed by atoms with Crippen LogP contribution in [0.15, 0.2) is 24.3 Å². The fraction of sp³-hybridized carbons (Fsp3) is 0.538. The van der Waals surface area contributed by atoms with Crippen LogP contribution >= 0.6 is 0 Å². The van der Waals surface area contributed by atoms with E-state index in [-0.39, 0.29) is 6.04 Å². The fourth-order valence-electron chi connectivity index (χ4n) is 1.71. The van der Waals surface area contributed by atoms with Crippen molar-refractivity contribution in [3.05, 3.63) is 29.8 Å². The Labute approximate surface area is 97.4 Å². The molecule has 0 saturated heterocycles. The van der Waals surface area contributed by atoms with Gasteiger partial charge in [0.15, 0.2) is 0 Å². The summed E-state index contributed by atoms with van der Waals surface area (Å²) in [4.78, 5) is 0. The molecular weight excluding hydrogens is 202 g/mol. The summed E-state index contributed by atoms with van der Waals surface area (Å²) in [6.45, 7) is 6.11. The smallest absolute Gasteiger partial charge is 0.118 e. The quantitative estimate of drug-likeness (QED) is 0.803. The van der Waals surface area contributed by atoms with Gasteiger partial charge in [-0.05, 0) is 24.6 Å². The first-order valence-corrected chi connectivity index (χ1v) is 5.62. The van der Waals surface area contributed by atoms with Crippen LogP contribution in [0.1, 0.15) is 32.4 Å². The predicted molar refractivity (Wildman–Crippen MR) is 65.7 cm³/mol. The maximum absolute atomic E-state index is 10.1. The highest BCUT2D eigenvalue weighted by molar-refractivity contribution is 5.28. The molecule has 0 amide bonds. The average Bonchev–Trinajstić information content (AvgIpc) is 2.27. The molecule has 2 unspecified atom stereocenters. The van der Waals surface area contributed by atoms with Crippen molar-refractivity contribution in [3.63, 3.8) is 0 Å². The minimum atomic E-state index is -0.492. The number of methoxy groups -OCH3 is 1. The van der Waals surface area contributed by atoms with Crippen LogP contribution in [-0.2, 0) is 0 Å². The Morgan fingerprint density at radius 1 is 1.12 bits per heavy atom. The van der Waals surface area contributed by atoms with Crippen molar-refractivity contribution in [2.75, 3.05) is 7.11 Å². The molecule has 0 aliphatic carbocycles. The van der Waals surface area contributed by atoms with Crippen molar-refractivity contribution < 1.29 is 9.84 Å². The number of nitrogens with one attached hydrogen (secondary N) is 1. The fourth-order valence-corrected chi connectivity index (χ4v) is 1.71. The molecule has 3 nitrogen and oxygen atoms in total. The van der Waals surface area contributed by atoms with Gasteiger partial charge in [0, 0.05) is 12.1 Å². The van der Waals surface area contributed by atoms with Gasteiger partial charge in [-0.3, -0.25) is 0 Å². The van der Waals surface area contributed by atoms with E-state index in [2.05, 4.69) is 19.2 Å². The van der Waals surface area contributed by atoms with Crippen LogP contribution in [0.5, 0.6) is 5.75 Å². The van der Waals surface area contributed by atoms with Crippen LogP contribution in [0, 0.1) is 0 Å². The van der Waals surface area contributed by atoms with Crippen LogP contribution < -0.4 is 10.1 Å². The lowest BCUT2D eigenvalue weighted by molar-refractivity contribution is 0.131. The zero-order valence-corrected chi connectivity index (χ0v) is 10.4. The summed E-state index contributed by atoms with van der Waals surface area (Å²) in [7, 11) is 1.63. The Balaban J connectivity index is 2.67. The first-order chi connectivity index (χ1) is 7.54. The zero-order chi connectivity index (χ0) is 12.1. The van der Waals surface area contributed by atoms with Crippen LogP contribution in [-0.4, -0.2) is 24.3 Å². The van der Waals surface area contributed by atoms with Gasteiger partial charge in [-0.25, -0.2) is 0 Å². The van der Waals surface area contributed by atoms with E-state index in [1.807, 2.05) is 31.2 Å². The van der Waals surface area contributed by atoms with Crippen molar-refractivity contribution in [1.29, 1.82) is 0 Å². The first kappa shape index (κ1) is 13.0. The highest BCUT2D eigenvalue weighted by Crippen LogP contribution is 2.20. The summed E-state index contributed by atoms with van der Waals surface area (Å²) < 4.78 is 5.08. The molecule has 16 heavy (non-hydrogen) atoms. The molecule has 0 saturated carbocycles. The van der Waals surface area contributed by atoms with E-state index in [9.17, 15) is 5.11 Å². The Morgan fingerprint density at radius 3 is 2.12 bits per heavy atom. The van der Waals surface area contributed by atoms with E-state index in [1.165, 1.54) is 0 Å². The van der Waals surface area contributed by atoms with Crippen molar-refractivity contribution >= 4 is 0 Å². The number of hydrogen-bond donors (Lipinski definition) is 2. The van der Waals surface area contributed by atoms with Crippen LogP contribution in [0.3, 0.4) is 0 Å². The predicted octanol–water partition coefficient (Wildman–Crippen LogP) is 2.12. The normalized spacial score (nSPS) is 14.9. The van der Waals surface area contributed by atoms with E-state index in [0.717, 1.165) is 11.3 Å². The van der Waals surface area contributed by atoms with Gasteiger partial charge < -0.3 is 15.2 Å². The lowest BCUT2D eigenvalue weighted by Gasteiger charge is -2.22. The lowest BCUT2D eigenvalue weighted by atomic mass is 10.0. The summed E-state index contributed by atoms with van der Waals surface area (Å²) in [6.07, 6.45) is -0.492. The molecular formula is C13H21NO2. The van der Waals surface area contributed by atoms with Crippen molar-refractivity contribution in [1.82, 2.24) is 5.32 Å². The minimum Gasteiger partial charge on any atom is -0.497 e. The summed E-state index contributed by atoms with van der Waals surface area (Å²) >= 11 is 0. The molecule has 2 atom stereocenters. The van der Waals surface area contributed by atoms with E-state index in [1.54, 1.807) is 7.11 Å². The topological polar surface area (TPSA) is 41.5 Å². The molecule has 0 radical (unpaired) electrons. The highest BCUT2D eigenvalue weighted by Gasteiger charge is 2.16. The maximum Gasteiger partial charge on any atom is 0.118 e. The van der Waals surface area contributed by atoms with Crippen molar-refractivity contribution in [2.45, 2.75) is 39.0 Å². The standard InChI is InChI=1S/C13H21NO2/c1-9(2)14-10(3)13(15)11-5-7-12(16-4)8-6-11/h5-10,13-15H,1-4H3. The Hall–Kier alpha value is -1.06. The maximum atomic E-state index is 10.1. The number of aliphatic hydroxyl groups excluding tert-OH is 1. The van der Waals surface area contributed by atoms with E-state index >= 15 is 0 Å². The van der Waals surface area contributed by atoms with E-state index in [4.69, 9.17) is 4.74 Å². The number of hydrogen-bond acceptors (Lipinski definition) is 3. The third kappa shape index (κ3) is 3.51. The van der Waals surface area contributed by atoms with Crippen LogP contribution in [0.25, 0.3) is 0 Å². The third-order valence-electron chi connectivity index (χ3n) is 2.53. The Bertz CT molecular complexity index is 308. The molecule has 0 aliphatic rings. The van der Waals surface area contributed by atoms with Crippen LogP contribution in [0.2, 0.25) is 0 Å². The molecule has 0 bridgehead atoms. The van der Waals surface area contributed by atoms with Gasteiger partial charge in [0.25, 0.3) is 0 Å². The number of rotatable bonds is 5. The average molecular weight is 223 g/mol. The molecule has 0 aromatic heterocycles. The molecule has 1 aromatic rings. The summed E-state index contributed by atoms with van der Waals surface area (Å²) in [6, 6.07) is 7.90. The van der Waals surface area contributed by atoms with Gasteiger partial charge in [0.05, 0.1) is 13.2 Å². The Kier molecular flexibility index (Phi) is 4.77.